The van der Waals surface area contributed by atoms with E-state index in [1.807, 2.05) is 24.3 Å². The molecule has 5 nitrogen and oxygen atoms in total. The average Bonchev–Trinajstić information content (AvgIpc) is 3.36. The maximum atomic E-state index is 12.7. The molecule has 2 unspecified atom stereocenters. The summed E-state index contributed by atoms with van der Waals surface area (Å²) in [7, 11) is 0. The van der Waals surface area contributed by atoms with E-state index >= 15 is 0 Å². The highest BCUT2D eigenvalue weighted by Gasteiger charge is 2.56. The summed E-state index contributed by atoms with van der Waals surface area (Å²) in [6, 6.07) is 16.5. The predicted octanol–water partition coefficient (Wildman–Crippen LogP) is 4.12. The van der Waals surface area contributed by atoms with Gasteiger partial charge >= 0.3 is 12.1 Å². The summed E-state index contributed by atoms with van der Waals surface area (Å²) in [5, 5.41) is 9.72. The van der Waals surface area contributed by atoms with Gasteiger partial charge in [-0.15, -0.1) is 0 Å². The smallest absolute Gasteiger partial charge is 0.409 e. The minimum Gasteiger partial charge on any atom is -0.481 e. The third kappa shape index (κ3) is 2.45. The number of nitrogens with zero attached hydrogens (tertiary/aromatic N) is 1. The minimum absolute atomic E-state index is 0.0203. The molecule has 28 heavy (non-hydrogen) atoms. The van der Waals surface area contributed by atoms with E-state index in [2.05, 4.69) is 24.3 Å². The molecule has 5 rings (SSSR count). The maximum Gasteiger partial charge on any atom is 0.409 e. The molecule has 1 N–H and O–H groups in total. The first-order valence-corrected chi connectivity index (χ1v) is 9.93. The van der Waals surface area contributed by atoms with Crippen LogP contribution in [-0.2, 0) is 9.53 Å². The Kier molecular flexibility index (Phi) is 3.93. The number of rotatable bonds is 3. The minimum atomic E-state index is -0.774. The van der Waals surface area contributed by atoms with Gasteiger partial charge in [0.15, 0.2) is 0 Å². The number of benzene rings is 2. The van der Waals surface area contributed by atoms with Gasteiger partial charge in [-0.25, -0.2) is 4.79 Å². The summed E-state index contributed by atoms with van der Waals surface area (Å²) in [6.07, 6.45) is 2.06. The lowest BCUT2D eigenvalue weighted by Gasteiger charge is -2.23. The monoisotopic (exact) mass is 377 g/mol. The molecule has 2 atom stereocenters. The van der Waals surface area contributed by atoms with Crippen LogP contribution in [0.1, 0.15) is 36.3 Å². The lowest BCUT2D eigenvalue weighted by Crippen LogP contribution is -2.37. The Labute approximate surface area is 163 Å². The zero-order chi connectivity index (χ0) is 19.3. The molecule has 0 bridgehead atoms. The number of likely N-dealkylation sites (tertiary alicyclic amines) is 1. The molecule has 1 saturated heterocycles. The summed E-state index contributed by atoms with van der Waals surface area (Å²) < 4.78 is 5.71. The van der Waals surface area contributed by atoms with Gasteiger partial charge in [0, 0.05) is 19.0 Å². The Morgan fingerprint density at radius 1 is 1.07 bits per heavy atom. The van der Waals surface area contributed by atoms with Crippen LogP contribution in [0.5, 0.6) is 0 Å². The first-order valence-electron chi connectivity index (χ1n) is 9.93. The number of carboxylic acids is 1. The molecule has 1 heterocycles. The lowest BCUT2D eigenvalue weighted by molar-refractivity contribution is -0.149. The van der Waals surface area contributed by atoms with E-state index in [0.29, 0.717) is 13.0 Å². The molecule has 3 aliphatic rings. The Morgan fingerprint density at radius 2 is 1.71 bits per heavy atom. The second-order valence-corrected chi connectivity index (χ2v) is 8.23. The zero-order valence-corrected chi connectivity index (χ0v) is 15.6. The number of hydrogen-bond acceptors (Lipinski definition) is 3. The number of hydrogen-bond donors (Lipinski definition) is 1. The topological polar surface area (TPSA) is 66.8 Å². The Balaban J connectivity index is 1.32. The number of carboxylic acid groups (broad SMARTS) is 1. The molecule has 5 heteroatoms. The van der Waals surface area contributed by atoms with Crippen LogP contribution < -0.4 is 0 Å². The largest absolute Gasteiger partial charge is 0.481 e. The highest BCUT2D eigenvalue weighted by atomic mass is 16.6. The molecular weight excluding hydrogens is 354 g/mol. The van der Waals surface area contributed by atoms with Gasteiger partial charge in [0.05, 0.1) is 5.41 Å². The van der Waals surface area contributed by atoms with Gasteiger partial charge in [0.25, 0.3) is 0 Å². The average molecular weight is 377 g/mol. The number of fused-ring (bicyclic) bond motifs is 4. The molecule has 1 saturated carbocycles. The van der Waals surface area contributed by atoms with Crippen LogP contribution in [0.4, 0.5) is 4.79 Å². The van der Waals surface area contributed by atoms with Crippen molar-refractivity contribution in [2.24, 2.45) is 11.3 Å². The molecule has 0 aromatic heterocycles. The van der Waals surface area contributed by atoms with E-state index in [0.717, 1.165) is 12.8 Å². The molecule has 2 aromatic carbocycles. The SMILES string of the molecule is O=C(OCC1c2ccccc2-c2ccccc21)N1CC2CCCC2(C(=O)O)C1. The summed E-state index contributed by atoms with van der Waals surface area (Å²) >= 11 is 0. The highest BCUT2D eigenvalue weighted by Crippen LogP contribution is 2.49. The highest BCUT2D eigenvalue weighted by molar-refractivity contribution is 5.80. The molecule has 0 spiro atoms. The molecule has 1 amide bonds. The lowest BCUT2D eigenvalue weighted by atomic mass is 9.81. The quantitative estimate of drug-likeness (QED) is 0.874. The van der Waals surface area contributed by atoms with Crippen molar-refractivity contribution >= 4 is 12.1 Å². The van der Waals surface area contributed by atoms with Crippen molar-refractivity contribution < 1.29 is 19.4 Å². The maximum absolute atomic E-state index is 12.7. The third-order valence-corrected chi connectivity index (χ3v) is 6.89. The fraction of sp³-hybridized carbons (Fsp3) is 0.391. The van der Waals surface area contributed by atoms with Gasteiger partial charge in [-0.1, -0.05) is 55.0 Å². The van der Waals surface area contributed by atoms with Crippen molar-refractivity contribution in [1.29, 1.82) is 0 Å². The van der Waals surface area contributed by atoms with Gasteiger partial charge < -0.3 is 14.7 Å². The Hall–Kier alpha value is -2.82. The van der Waals surface area contributed by atoms with Gasteiger partial charge in [0.2, 0.25) is 0 Å². The van der Waals surface area contributed by atoms with E-state index in [4.69, 9.17) is 4.74 Å². The van der Waals surface area contributed by atoms with E-state index in [-0.39, 0.29) is 25.0 Å². The van der Waals surface area contributed by atoms with Crippen molar-refractivity contribution in [3.8, 4) is 11.1 Å². The van der Waals surface area contributed by atoms with Crippen molar-refractivity contribution in [3.63, 3.8) is 0 Å². The second-order valence-electron chi connectivity index (χ2n) is 8.23. The van der Waals surface area contributed by atoms with E-state index in [1.54, 1.807) is 4.90 Å². The molecule has 0 radical (unpaired) electrons. The first kappa shape index (κ1) is 17.3. The fourth-order valence-electron chi connectivity index (χ4n) is 5.46. The van der Waals surface area contributed by atoms with Gasteiger partial charge in [-0.2, -0.15) is 0 Å². The van der Waals surface area contributed by atoms with Crippen molar-refractivity contribution in [2.75, 3.05) is 19.7 Å². The number of amides is 1. The van der Waals surface area contributed by atoms with Crippen LogP contribution >= 0.6 is 0 Å². The van der Waals surface area contributed by atoms with Crippen LogP contribution in [-0.4, -0.2) is 41.8 Å². The van der Waals surface area contributed by atoms with Crippen LogP contribution in [0, 0.1) is 11.3 Å². The van der Waals surface area contributed by atoms with Gasteiger partial charge in [-0.3, -0.25) is 4.79 Å². The predicted molar refractivity (Wildman–Crippen MR) is 104 cm³/mol. The molecule has 2 aromatic rings. The molecule has 144 valence electrons. The van der Waals surface area contributed by atoms with E-state index < -0.39 is 17.5 Å². The number of carbonyl (C=O) groups excluding carboxylic acids is 1. The summed E-state index contributed by atoms with van der Waals surface area (Å²) in [6.45, 7) is 1.03. The van der Waals surface area contributed by atoms with Crippen LogP contribution in [0.2, 0.25) is 0 Å². The van der Waals surface area contributed by atoms with Crippen molar-refractivity contribution in [3.05, 3.63) is 59.7 Å². The van der Waals surface area contributed by atoms with Crippen LogP contribution in [0.15, 0.2) is 48.5 Å². The fourth-order valence-corrected chi connectivity index (χ4v) is 5.46. The van der Waals surface area contributed by atoms with Crippen molar-refractivity contribution in [2.45, 2.75) is 25.2 Å². The Bertz CT molecular complexity index is 910. The number of ether oxygens (including phenoxy) is 1. The summed E-state index contributed by atoms with van der Waals surface area (Å²) in [5.41, 5.74) is 3.97. The third-order valence-electron chi connectivity index (χ3n) is 6.89. The Morgan fingerprint density at radius 3 is 2.32 bits per heavy atom. The zero-order valence-electron chi connectivity index (χ0n) is 15.6. The van der Waals surface area contributed by atoms with E-state index in [9.17, 15) is 14.7 Å². The van der Waals surface area contributed by atoms with Crippen molar-refractivity contribution in [1.82, 2.24) is 4.90 Å². The molecule has 2 aliphatic carbocycles. The molecule has 2 fully saturated rings. The van der Waals surface area contributed by atoms with Gasteiger partial charge in [-0.05, 0) is 41.0 Å². The van der Waals surface area contributed by atoms with Gasteiger partial charge in [0.1, 0.15) is 6.61 Å². The van der Waals surface area contributed by atoms with Crippen LogP contribution in [0.3, 0.4) is 0 Å². The van der Waals surface area contributed by atoms with E-state index in [1.165, 1.54) is 22.3 Å². The summed E-state index contributed by atoms with van der Waals surface area (Å²) in [5.74, 6) is -0.707. The number of carbonyl (C=O) groups is 2. The summed E-state index contributed by atoms with van der Waals surface area (Å²) in [4.78, 5) is 26.2. The first-order chi connectivity index (χ1) is 13.6. The normalized spacial score (nSPS) is 25.3. The van der Waals surface area contributed by atoms with Crippen LogP contribution in [0.25, 0.3) is 11.1 Å². The standard InChI is InChI=1S/C23H23NO4/c25-21(26)23-11-5-6-15(23)12-24(14-23)22(27)28-13-20-18-9-3-1-7-16(18)17-8-2-4-10-19(17)20/h1-4,7-10,15,20H,5-6,11-14H2,(H,25,26). The molecular formula is C23H23NO4. The number of aliphatic carboxylic acids is 1. The molecule has 1 aliphatic heterocycles. The second kappa shape index (κ2) is 6.36.